The molecule has 0 bridgehead atoms. The lowest BCUT2D eigenvalue weighted by Crippen LogP contribution is -2.18. The Labute approximate surface area is 124 Å². The van der Waals surface area contributed by atoms with Crippen molar-refractivity contribution in [2.45, 2.75) is 35.6 Å². The molecule has 1 heterocycles. The standard InChI is InChI=1S/C14H14F3N3S/c1-9(18)7-10-3-4-12(11(8-10)14(15,16)17)21-13-19-5-2-6-20-13/h2-6,8-9H,7,18H2,1H3. The van der Waals surface area contributed by atoms with Crippen LogP contribution in [-0.2, 0) is 12.6 Å². The van der Waals surface area contributed by atoms with Crippen LogP contribution in [0.5, 0.6) is 0 Å². The van der Waals surface area contributed by atoms with Crippen LogP contribution in [0.2, 0.25) is 0 Å². The van der Waals surface area contributed by atoms with Gasteiger partial charge in [0.05, 0.1) is 5.56 Å². The van der Waals surface area contributed by atoms with Gasteiger partial charge in [-0.05, 0) is 48.9 Å². The predicted octanol–water partition coefficient (Wildman–Crippen LogP) is 3.54. The second-order valence-corrected chi connectivity index (χ2v) is 5.65. The van der Waals surface area contributed by atoms with Gasteiger partial charge in [0.15, 0.2) is 5.16 Å². The van der Waals surface area contributed by atoms with Crippen molar-refractivity contribution in [2.24, 2.45) is 5.73 Å². The molecule has 0 saturated heterocycles. The molecule has 1 unspecified atom stereocenters. The van der Waals surface area contributed by atoms with E-state index in [-0.39, 0.29) is 16.1 Å². The van der Waals surface area contributed by atoms with Crippen molar-refractivity contribution in [1.82, 2.24) is 9.97 Å². The lowest BCUT2D eigenvalue weighted by Gasteiger charge is -2.14. The highest BCUT2D eigenvalue weighted by Gasteiger charge is 2.34. The Morgan fingerprint density at radius 2 is 1.90 bits per heavy atom. The molecule has 21 heavy (non-hydrogen) atoms. The van der Waals surface area contributed by atoms with Crippen LogP contribution in [0.1, 0.15) is 18.1 Å². The summed E-state index contributed by atoms with van der Waals surface area (Å²) in [7, 11) is 0. The van der Waals surface area contributed by atoms with E-state index in [2.05, 4.69) is 9.97 Å². The van der Waals surface area contributed by atoms with E-state index >= 15 is 0 Å². The zero-order valence-electron chi connectivity index (χ0n) is 11.3. The highest BCUT2D eigenvalue weighted by atomic mass is 32.2. The van der Waals surface area contributed by atoms with Gasteiger partial charge >= 0.3 is 6.18 Å². The van der Waals surface area contributed by atoms with Crippen molar-refractivity contribution < 1.29 is 13.2 Å². The molecule has 0 radical (unpaired) electrons. The van der Waals surface area contributed by atoms with Gasteiger partial charge in [0.2, 0.25) is 0 Å². The molecule has 1 aromatic heterocycles. The van der Waals surface area contributed by atoms with Gasteiger partial charge in [0.1, 0.15) is 0 Å². The average Bonchev–Trinajstić information content (AvgIpc) is 2.40. The normalized spacial score (nSPS) is 13.2. The van der Waals surface area contributed by atoms with Crippen LogP contribution in [0, 0.1) is 0 Å². The Morgan fingerprint density at radius 3 is 2.48 bits per heavy atom. The second-order valence-electron chi connectivity index (χ2n) is 4.64. The minimum Gasteiger partial charge on any atom is -0.328 e. The molecule has 0 saturated carbocycles. The largest absolute Gasteiger partial charge is 0.417 e. The number of alkyl halides is 3. The second kappa shape index (κ2) is 6.44. The van der Waals surface area contributed by atoms with E-state index in [1.807, 2.05) is 0 Å². The van der Waals surface area contributed by atoms with Crippen molar-refractivity contribution in [1.29, 1.82) is 0 Å². The van der Waals surface area contributed by atoms with E-state index in [1.165, 1.54) is 18.5 Å². The Hall–Kier alpha value is -1.60. The Bertz CT molecular complexity index is 600. The third kappa shape index (κ3) is 4.44. The highest BCUT2D eigenvalue weighted by Crippen LogP contribution is 2.39. The fourth-order valence-corrected chi connectivity index (χ4v) is 2.67. The van der Waals surface area contributed by atoms with Gasteiger partial charge in [-0.3, -0.25) is 0 Å². The Morgan fingerprint density at radius 1 is 1.24 bits per heavy atom. The monoisotopic (exact) mass is 313 g/mol. The summed E-state index contributed by atoms with van der Waals surface area (Å²) in [6.45, 7) is 1.76. The van der Waals surface area contributed by atoms with Crippen LogP contribution in [0.4, 0.5) is 13.2 Å². The topological polar surface area (TPSA) is 51.8 Å². The number of aromatic nitrogens is 2. The summed E-state index contributed by atoms with van der Waals surface area (Å²) in [5.74, 6) is 0. The van der Waals surface area contributed by atoms with Crippen LogP contribution in [0.15, 0.2) is 46.7 Å². The molecule has 0 spiro atoms. The van der Waals surface area contributed by atoms with Gasteiger partial charge in [-0.25, -0.2) is 9.97 Å². The smallest absolute Gasteiger partial charge is 0.328 e. The quantitative estimate of drug-likeness (QED) is 0.877. The third-order valence-corrected chi connectivity index (χ3v) is 3.62. The first-order chi connectivity index (χ1) is 9.86. The van der Waals surface area contributed by atoms with E-state index in [0.29, 0.717) is 12.0 Å². The van der Waals surface area contributed by atoms with E-state index < -0.39 is 11.7 Å². The molecule has 1 atom stereocenters. The first kappa shape index (κ1) is 15.8. The molecule has 0 aliphatic heterocycles. The molecule has 0 amide bonds. The fraction of sp³-hybridized carbons (Fsp3) is 0.286. The Kier molecular flexibility index (Phi) is 4.84. The maximum absolute atomic E-state index is 13.2. The average molecular weight is 313 g/mol. The summed E-state index contributed by atoms with van der Waals surface area (Å²) in [4.78, 5) is 7.95. The molecule has 0 aliphatic rings. The SMILES string of the molecule is CC(N)Cc1ccc(Sc2ncccn2)c(C(F)(F)F)c1. The summed E-state index contributed by atoms with van der Waals surface area (Å²) < 4.78 is 39.5. The van der Waals surface area contributed by atoms with Crippen molar-refractivity contribution in [2.75, 3.05) is 0 Å². The highest BCUT2D eigenvalue weighted by molar-refractivity contribution is 7.99. The number of benzene rings is 1. The van der Waals surface area contributed by atoms with E-state index in [0.717, 1.165) is 17.8 Å². The number of hydrogen-bond acceptors (Lipinski definition) is 4. The minimum absolute atomic E-state index is 0.0853. The molecule has 1 aromatic carbocycles. The lowest BCUT2D eigenvalue weighted by molar-refractivity contribution is -0.139. The molecule has 2 rings (SSSR count). The molecule has 0 aliphatic carbocycles. The molecule has 2 N–H and O–H groups in total. The summed E-state index contributed by atoms with van der Waals surface area (Å²) in [5, 5.41) is 0.281. The van der Waals surface area contributed by atoms with Crippen LogP contribution < -0.4 is 5.73 Å². The molecule has 7 heteroatoms. The molecular weight excluding hydrogens is 299 g/mol. The fourth-order valence-electron chi connectivity index (χ4n) is 1.82. The minimum atomic E-state index is -4.43. The van der Waals surface area contributed by atoms with Gasteiger partial charge in [-0.15, -0.1) is 0 Å². The first-order valence-electron chi connectivity index (χ1n) is 6.27. The molecule has 112 valence electrons. The van der Waals surface area contributed by atoms with E-state index in [4.69, 9.17) is 5.73 Å². The molecule has 3 nitrogen and oxygen atoms in total. The number of nitrogens with two attached hydrogens (primary N) is 1. The maximum atomic E-state index is 13.2. The Balaban J connectivity index is 2.36. The van der Waals surface area contributed by atoms with Gasteiger partial charge in [-0.2, -0.15) is 13.2 Å². The number of rotatable bonds is 4. The van der Waals surface area contributed by atoms with Gasteiger partial charge in [-0.1, -0.05) is 6.07 Å². The van der Waals surface area contributed by atoms with E-state index in [9.17, 15) is 13.2 Å². The van der Waals surface area contributed by atoms with Crippen molar-refractivity contribution in [3.05, 3.63) is 47.8 Å². The number of nitrogens with zero attached hydrogens (tertiary/aromatic N) is 2. The van der Waals surface area contributed by atoms with Crippen molar-refractivity contribution >= 4 is 11.8 Å². The van der Waals surface area contributed by atoms with Crippen LogP contribution >= 0.6 is 11.8 Å². The van der Waals surface area contributed by atoms with Crippen molar-refractivity contribution in [3.63, 3.8) is 0 Å². The van der Waals surface area contributed by atoms with Crippen LogP contribution in [0.25, 0.3) is 0 Å². The summed E-state index contributed by atoms with van der Waals surface area (Å²) in [6.07, 6.45) is -1.04. The molecule has 0 fully saturated rings. The third-order valence-electron chi connectivity index (χ3n) is 2.65. The van der Waals surface area contributed by atoms with Crippen LogP contribution in [-0.4, -0.2) is 16.0 Å². The van der Waals surface area contributed by atoms with Crippen LogP contribution in [0.3, 0.4) is 0 Å². The molecule has 2 aromatic rings. The van der Waals surface area contributed by atoms with E-state index in [1.54, 1.807) is 19.1 Å². The summed E-state index contributed by atoms with van der Waals surface area (Å²) in [6, 6.07) is 5.67. The zero-order chi connectivity index (χ0) is 15.5. The number of halogens is 3. The van der Waals surface area contributed by atoms with Gasteiger partial charge < -0.3 is 5.73 Å². The predicted molar refractivity (Wildman–Crippen MR) is 75.0 cm³/mol. The van der Waals surface area contributed by atoms with Crippen molar-refractivity contribution in [3.8, 4) is 0 Å². The van der Waals surface area contributed by atoms with Gasteiger partial charge in [0, 0.05) is 23.3 Å². The molecular formula is C14H14F3N3S. The lowest BCUT2D eigenvalue weighted by atomic mass is 10.0. The zero-order valence-corrected chi connectivity index (χ0v) is 12.1. The summed E-state index contributed by atoms with van der Waals surface area (Å²) in [5.41, 5.74) is 5.52. The first-order valence-corrected chi connectivity index (χ1v) is 7.08. The van der Waals surface area contributed by atoms with Gasteiger partial charge in [0.25, 0.3) is 0 Å². The maximum Gasteiger partial charge on any atom is 0.417 e. The summed E-state index contributed by atoms with van der Waals surface area (Å²) >= 11 is 0.895. The number of hydrogen-bond donors (Lipinski definition) is 1.